The molecule has 19 heavy (non-hydrogen) atoms. The van der Waals surface area contributed by atoms with E-state index in [4.69, 9.17) is 9.84 Å². The van der Waals surface area contributed by atoms with Gasteiger partial charge in [-0.2, -0.15) is 0 Å². The molecule has 2 aromatic rings. The summed E-state index contributed by atoms with van der Waals surface area (Å²) in [5, 5.41) is 17.2. The smallest absolute Gasteiger partial charge is 0.335 e. The van der Waals surface area contributed by atoms with Crippen LogP contribution in [0.25, 0.3) is 11.0 Å². The Kier molecular flexibility index (Phi) is 3.16. The highest BCUT2D eigenvalue weighted by Gasteiger charge is 2.17. The van der Waals surface area contributed by atoms with Crippen LogP contribution in [0.15, 0.2) is 18.2 Å². The predicted molar refractivity (Wildman–Crippen MR) is 68.0 cm³/mol. The van der Waals surface area contributed by atoms with Gasteiger partial charge in [0.25, 0.3) is 0 Å². The third kappa shape index (κ3) is 2.44. The zero-order valence-electron chi connectivity index (χ0n) is 10.5. The summed E-state index contributed by atoms with van der Waals surface area (Å²) in [6.07, 6.45) is 2.03. The van der Waals surface area contributed by atoms with Gasteiger partial charge in [0.15, 0.2) is 0 Å². The van der Waals surface area contributed by atoms with Gasteiger partial charge in [-0.3, -0.25) is 0 Å². The molecule has 6 heteroatoms. The molecule has 1 fully saturated rings. The molecular formula is C13H15N3O3. The highest BCUT2D eigenvalue weighted by molar-refractivity contribution is 5.92. The largest absolute Gasteiger partial charge is 0.478 e. The Morgan fingerprint density at radius 2 is 2.21 bits per heavy atom. The number of carbonyl (C=O) groups is 1. The number of fused-ring (bicyclic) bond motifs is 1. The summed E-state index contributed by atoms with van der Waals surface area (Å²) in [4.78, 5) is 11.0. The van der Waals surface area contributed by atoms with Crippen LogP contribution in [-0.4, -0.2) is 39.3 Å². The summed E-state index contributed by atoms with van der Waals surface area (Å²) in [5.74, 6) is -0.409. The van der Waals surface area contributed by atoms with E-state index >= 15 is 0 Å². The normalized spacial score (nSPS) is 16.8. The van der Waals surface area contributed by atoms with Crippen LogP contribution in [0.3, 0.4) is 0 Å². The Labute approximate surface area is 110 Å². The summed E-state index contributed by atoms with van der Waals surface area (Å²) in [7, 11) is 0. The minimum atomic E-state index is -0.930. The molecular weight excluding hydrogens is 246 g/mol. The summed E-state index contributed by atoms with van der Waals surface area (Å²) in [5.41, 5.74) is 1.78. The quantitative estimate of drug-likeness (QED) is 0.907. The van der Waals surface area contributed by atoms with Crippen LogP contribution in [0.2, 0.25) is 0 Å². The maximum atomic E-state index is 11.0. The second-order valence-electron chi connectivity index (χ2n) is 4.84. The summed E-state index contributed by atoms with van der Waals surface area (Å²) >= 11 is 0. The maximum Gasteiger partial charge on any atom is 0.335 e. The van der Waals surface area contributed by atoms with E-state index in [1.807, 2.05) is 0 Å². The molecule has 6 nitrogen and oxygen atoms in total. The fourth-order valence-electron chi connectivity index (χ4n) is 2.41. The van der Waals surface area contributed by atoms with Crippen molar-refractivity contribution in [2.75, 3.05) is 13.2 Å². The predicted octanol–water partition coefficient (Wildman–Crippen LogP) is 1.56. The van der Waals surface area contributed by atoms with Crippen molar-refractivity contribution < 1.29 is 14.6 Å². The van der Waals surface area contributed by atoms with Crippen LogP contribution < -0.4 is 0 Å². The molecule has 100 valence electrons. The Balaban J connectivity index is 1.89. The minimum Gasteiger partial charge on any atom is -0.478 e. The molecule has 2 heterocycles. The van der Waals surface area contributed by atoms with Crippen molar-refractivity contribution in [1.82, 2.24) is 15.0 Å². The Morgan fingerprint density at radius 3 is 2.95 bits per heavy atom. The number of benzene rings is 1. The van der Waals surface area contributed by atoms with E-state index < -0.39 is 5.97 Å². The Bertz CT molecular complexity index is 602. The zero-order chi connectivity index (χ0) is 13.2. The second kappa shape index (κ2) is 4.97. The van der Waals surface area contributed by atoms with Crippen molar-refractivity contribution in [3.63, 3.8) is 0 Å². The van der Waals surface area contributed by atoms with Crippen molar-refractivity contribution in [2.45, 2.75) is 19.4 Å². The van der Waals surface area contributed by atoms with Crippen LogP contribution >= 0.6 is 0 Å². The van der Waals surface area contributed by atoms with Crippen molar-refractivity contribution in [3.8, 4) is 0 Å². The zero-order valence-corrected chi connectivity index (χ0v) is 10.5. The van der Waals surface area contributed by atoms with E-state index in [1.54, 1.807) is 22.9 Å². The van der Waals surface area contributed by atoms with E-state index in [9.17, 15) is 4.79 Å². The topological polar surface area (TPSA) is 77.2 Å². The lowest BCUT2D eigenvalue weighted by Gasteiger charge is -2.21. The van der Waals surface area contributed by atoms with Crippen LogP contribution in [0.4, 0.5) is 0 Å². The standard InChI is InChI=1S/C13H15N3O3/c17-13(18)10-1-2-11-12(7-10)16(15-14-11)8-9-3-5-19-6-4-9/h1-2,7,9H,3-6,8H2,(H,17,18). The second-order valence-corrected chi connectivity index (χ2v) is 4.84. The number of aromatic nitrogens is 3. The maximum absolute atomic E-state index is 11.0. The van der Waals surface area contributed by atoms with Gasteiger partial charge in [0, 0.05) is 19.8 Å². The van der Waals surface area contributed by atoms with Crippen LogP contribution in [-0.2, 0) is 11.3 Å². The molecule has 0 radical (unpaired) electrons. The number of carboxylic acids is 1. The molecule has 1 saturated heterocycles. The Morgan fingerprint density at radius 1 is 1.42 bits per heavy atom. The fourth-order valence-corrected chi connectivity index (χ4v) is 2.41. The van der Waals surface area contributed by atoms with Gasteiger partial charge in [0.05, 0.1) is 11.1 Å². The molecule has 0 saturated carbocycles. The molecule has 0 aliphatic carbocycles. The monoisotopic (exact) mass is 261 g/mol. The van der Waals surface area contributed by atoms with Gasteiger partial charge in [0.2, 0.25) is 0 Å². The van der Waals surface area contributed by atoms with Crippen LogP contribution in [0, 0.1) is 5.92 Å². The molecule has 1 aliphatic heterocycles. The van der Waals surface area contributed by atoms with Crippen molar-refractivity contribution in [2.24, 2.45) is 5.92 Å². The van der Waals surface area contributed by atoms with Gasteiger partial charge in [-0.1, -0.05) is 5.21 Å². The molecule has 0 amide bonds. The minimum absolute atomic E-state index is 0.267. The third-order valence-corrected chi connectivity index (χ3v) is 3.53. The van der Waals surface area contributed by atoms with E-state index in [0.717, 1.165) is 43.6 Å². The summed E-state index contributed by atoms with van der Waals surface area (Å²) < 4.78 is 7.14. The lowest BCUT2D eigenvalue weighted by Crippen LogP contribution is -2.21. The van der Waals surface area contributed by atoms with Gasteiger partial charge < -0.3 is 9.84 Å². The molecule has 0 bridgehead atoms. The SMILES string of the molecule is O=C(O)c1ccc2nnn(CC3CCOCC3)c2c1. The average molecular weight is 261 g/mol. The molecule has 0 atom stereocenters. The number of ether oxygens (including phenoxy) is 1. The molecule has 1 aliphatic rings. The number of aromatic carboxylic acids is 1. The molecule has 1 N–H and O–H groups in total. The summed E-state index contributed by atoms with van der Waals surface area (Å²) in [6.45, 7) is 2.35. The molecule has 1 aromatic heterocycles. The van der Waals surface area contributed by atoms with Gasteiger partial charge in [-0.25, -0.2) is 9.48 Å². The van der Waals surface area contributed by atoms with Gasteiger partial charge >= 0.3 is 5.97 Å². The van der Waals surface area contributed by atoms with Crippen LogP contribution in [0.5, 0.6) is 0 Å². The molecule has 0 unspecified atom stereocenters. The number of carboxylic acid groups (broad SMARTS) is 1. The Hall–Kier alpha value is -1.95. The lowest BCUT2D eigenvalue weighted by molar-refractivity contribution is 0.0604. The third-order valence-electron chi connectivity index (χ3n) is 3.53. The highest BCUT2D eigenvalue weighted by Crippen LogP contribution is 2.20. The van der Waals surface area contributed by atoms with Gasteiger partial charge in [-0.15, -0.1) is 5.10 Å². The number of rotatable bonds is 3. The first-order chi connectivity index (χ1) is 9.24. The van der Waals surface area contributed by atoms with Gasteiger partial charge in [-0.05, 0) is 37.0 Å². The van der Waals surface area contributed by atoms with Crippen molar-refractivity contribution in [1.29, 1.82) is 0 Å². The van der Waals surface area contributed by atoms with Crippen LogP contribution in [0.1, 0.15) is 23.2 Å². The van der Waals surface area contributed by atoms with E-state index in [2.05, 4.69) is 10.3 Å². The number of hydrogen-bond donors (Lipinski definition) is 1. The van der Waals surface area contributed by atoms with Crippen molar-refractivity contribution in [3.05, 3.63) is 23.8 Å². The lowest BCUT2D eigenvalue weighted by atomic mass is 10.0. The van der Waals surface area contributed by atoms with E-state index in [1.165, 1.54) is 0 Å². The average Bonchev–Trinajstić information content (AvgIpc) is 2.82. The first kappa shape index (κ1) is 12.1. The fraction of sp³-hybridized carbons (Fsp3) is 0.462. The first-order valence-electron chi connectivity index (χ1n) is 6.38. The molecule has 0 spiro atoms. The summed E-state index contributed by atoms with van der Waals surface area (Å²) in [6, 6.07) is 4.89. The van der Waals surface area contributed by atoms with E-state index in [-0.39, 0.29) is 5.56 Å². The molecule has 1 aromatic carbocycles. The van der Waals surface area contributed by atoms with Crippen molar-refractivity contribution >= 4 is 17.0 Å². The number of hydrogen-bond acceptors (Lipinski definition) is 4. The highest BCUT2D eigenvalue weighted by atomic mass is 16.5. The molecule has 3 rings (SSSR count). The number of nitrogens with zero attached hydrogens (tertiary/aromatic N) is 3. The van der Waals surface area contributed by atoms with Gasteiger partial charge in [0.1, 0.15) is 5.52 Å². The van der Waals surface area contributed by atoms with E-state index in [0.29, 0.717) is 5.92 Å². The first-order valence-corrected chi connectivity index (χ1v) is 6.38.